The maximum absolute atomic E-state index is 12.7. The molecule has 138 valence electrons. The number of benzene rings is 1. The van der Waals surface area contributed by atoms with E-state index in [1.165, 1.54) is 10.7 Å². The van der Waals surface area contributed by atoms with Gasteiger partial charge in [0, 0.05) is 26.2 Å². The van der Waals surface area contributed by atoms with E-state index in [1.54, 1.807) is 30.3 Å². The summed E-state index contributed by atoms with van der Waals surface area (Å²) in [5.41, 5.74) is 0. The number of carbonyl (C=O) groups excluding carboxylic acids is 1. The summed E-state index contributed by atoms with van der Waals surface area (Å²) in [6.45, 7) is 5.57. The molecule has 1 aromatic rings. The molecule has 3 rings (SSSR count). The van der Waals surface area contributed by atoms with Gasteiger partial charge in [0.1, 0.15) is 0 Å². The largest absolute Gasteiger partial charge is 0.339 e. The van der Waals surface area contributed by atoms with Gasteiger partial charge < -0.3 is 4.90 Å². The molecule has 25 heavy (non-hydrogen) atoms. The SMILES string of the molecule is C[C@@H](C(=O)N1CCN(S(=O)(=O)c2ccccc2)CC1)N1CCCCC1. The normalized spacial score (nSPS) is 21.9. The summed E-state index contributed by atoms with van der Waals surface area (Å²) in [6, 6.07) is 8.38. The Hall–Kier alpha value is -1.44. The molecular formula is C18H27N3O3S. The summed E-state index contributed by atoms with van der Waals surface area (Å²) in [5, 5.41) is 0. The molecule has 2 heterocycles. The standard InChI is InChI=1S/C18H27N3O3S/c1-16(19-10-6-3-7-11-19)18(22)20-12-14-21(15-13-20)25(23,24)17-8-4-2-5-9-17/h2,4-5,8-9,16H,3,6-7,10-15H2,1H3/t16-/m0/s1. The fourth-order valence-electron chi connectivity index (χ4n) is 3.62. The number of amides is 1. The van der Waals surface area contributed by atoms with E-state index < -0.39 is 10.0 Å². The monoisotopic (exact) mass is 365 g/mol. The first-order chi connectivity index (χ1) is 12.0. The number of rotatable bonds is 4. The quantitative estimate of drug-likeness (QED) is 0.809. The Balaban J connectivity index is 1.59. The second-order valence-corrected chi connectivity index (χ2v) is 8.75. The van der Waals surface area contributed by atoms with Gasteiger partial charge in [-0.1, -0.05) is 24.6 Å². The zero-order chi connectivity index (χ0) is 17.9. The zero-order valence-electron chi connectivity index (χ0n) is 14.8. The Morgan fingerprint density at radius 2 is 1.52 bits per heavy atom. The highest BCUT2D eigenvalue weighted by molar-refractivity contribution is 7.89. The highest BCUT2D eigenvalue weighted by Crippen LogP contribution is 2.19. The molecule has 2 aliphatic rings. The van der Waals surface area contributed by atoms with E-state index in [1.807, 2.05) is 11.8 Å². The number of piperidine rings is 1. The fraction of sp³-hybridized carbons (Fsp3) is 0.611. The summed E-state index contributed by atoms with van der Waals surface area (Å²) in [6.07, 6.45) is 3.55. The van der Waals surface area contributed by atoms with Gasteiger partial charge in [-0.15, -0.1) is 0 Å². The number of likely N-dealkylation sites (tertiary alicyclic amines) is 1. The molecule has 0 aromatic heterocycles. The van der Waals surface area contributed by atoms with Gasteiger partial charge in [-0.25, -0.2) is 8.42 Å². The minimum Gasteiger partial charge on any atom is -0.339 e. The summed E-state index contributed by atoms with van der Waals surface area (Å²) in [7, 11) is -3.47. The van der Waals surface area contributed by atoms with Gasteiger partial charge in [-0.3, -0.25) is 9.69 Å². The lowest BCUT2D eigenvalue weighted by Crippen LogP contribution is -2.55. The summed E-state index contributed by atoms with van der Waals surface area (Å²) >= 11 is 0. The second-order valence-electron chi connectivity index (χ2n) is 6.82. The third-order valence-corrected chi connectivity index (χ3v) is 7.14. The van der Waals surface area contributed by atoms with E-state index in [0.29, 0.717) is 31.1 Å². The number of sulfonamides is 1. The summed E-state index contributed by atoms with van der Waals surface area (Å²) < 4.78 is 26.8. The van der Waals surface area contributed by atoms with Crippen LogP contribution in [0.4, 0.5) is 0 Å². The molecule has 1 aromatic carbocycles. The van der Waals surface area contributed by atoms with E-state index in [4.69, 9.17) is 0 Å². The molecule has 0 spiro atoms. The predicted octanol–water partition coefficient (Wildman–Crippen LogP) is 1.39. The first-order valence-corrected chi connectivity index (χ1v) is 10.5. The average molecular weight is 365 g/mol. The number of carbonyl (C=O) groups is 1. The lowest BCUT2D eigenvalue weighted by atomic mass is 10.1. The lowest BCUT2D eigenvalue weighted by Gasteiger charge is -2.38. The Bertz CT molecular complexity index is 679. The van der Waals surface area contributed by atoms with Crippen molar-refractivity contribution in [2.24, 2.45) is 0 Å². The van der Waals surface area contributed by atoms with Crippen LogP contribution in [0.2, 0.25) is 0 Å². The van der Waals surface area contributed by atoms with Crippen LogP contribution < -0.4 is 0 Å². The number of piperazine rings is 1. The zero-order valence-corrected chi connectivity index (χ0v) is 15.6. The van der Waals surface area contributed by atoms with Crippen LogP contribution in [0, 0.1) is 0 Å². The van der Waals surface area contributed by atoms with Crippen LogP contribution >= 0.6 is 0 Å². The topological polar surface area (TPSA) is 60.9 Å². The van der Waals surface area contributed by atoms with Crippen LogP contribution in [0.3, 0.4) is 0 Å². The van der Waals surface area contributed by atoms with Crippen molar-refractivity contribution in [3.63, 3.8) is 0 Å². The van der Waals surface area contributed by atoms with Gasteiger partial charge in [0.2, 0.25) is 15.9 Å². The van der Waals surface area contributed by atoms with Gasteiger partial charge in [0.05, 0.1) is 10.9 Å². The van der Waals surface area contributed by atoms with E-state index >= 15 is 0 Å². The summed E-state index contributed by atoms with van der Waals surface area (Å²) in [5.74, 6) is 0.124. The van der Waals surface area contributed by atoms with Crippen molar-refractivity contribution in [1.29, 1.82) is 0 Å². The predicted molar refractivity (Wildman–Crippen MR) is 96.7 cm³/mol. The van der Waals surface area contributed by atoms with E-state index in [9.17, 15) is 13.2 Å². The molecule has 7 heteroatoms. The van der Waals surface area contributed by atoms with E-state index in [-0.39, 0.29) is 11.9 Å². The van der Waals surface area contributed by atoms with Crippen LogP contribution in [0.5, 0.6) is 0 Å². The van der Waals surface area contributed by atoms with Gasteiger partial charge in [-0.2, -0.15) is 4.31 Å². The maximum atomic E-state index is 12.7. The molecule has 0 saturated carbocycles. The summed E-state index contributed by atoms with van der Waals surface area (Å²) in [4.78, 5) is 17.1. The van der Waals surface area contributed by atoms with E-state index in [2.05, 4.69) is 4.90 Å². The van der Waals surface area contributed by atoms with Gasteiger partial charge in [0.15, 0.2) is 0 Å². The highest BCUT2D eigenvalue weighted by atomic mass is 32.2. The molecule has 1 amide bonds. The van der Waals surface area contributed by atoms with Gasteiger partial charge >= 0.3 is 0 Å². The Morgan fingerprint density at radius 1 is 0.920 bits per heavy atom. The molecule has 0 radical (unpaired) electrons. The maximum Gasteiger partial charge on any atom is 0.243 e. The van der Waals surface area contributed by atoms with Crippen molar-refractivity contribution in [1.82, 2.24) is 14.1 Å². The Labute approximate surface area is 150 Å². The molecule has 2 fully saturated rings. The van der Waals surface area contributed by atoms with Crippen LogP contribution in [0.1, 0.15) is 26.2 Å². The van der Waals surface area contributed by atoms with Crippen molar-refractivity contribution in [2.75, 3.05) is 39.3 Å². The molecule has 1 atom stereocenters. The second kappa shape index (κ2) is 7.85. The van der Waals surface area contributed by atoms with Crippen LogP contribution in [-0.2, 0) is 14.8 Å². The fourth-order valence-corrected chi connectivity index (χ4v) is 5.06. The molecule has 2 saturated heterocycles. The number of nitrogens with zero attached hydrogens (tertiary/aromatic N) is 3. The Kier molecular flexibility index (Phi) is 5.76. The van der Waals surface area contributed by atoms with Crippen molar-refractivity contribution in [2.45, 2.75) is 37.1 Å². The first-order valence-electron chi connectivity index (χ1n) is 9.08. The lowest BCUT2D eigenvalue weighted by molar-refractivity contribution is -0.138. The van der Waals surface area contributed by atoms with Crippen LogP contribution in [-0.4, -0.2) is 73.7 Å². The number of hydrogen-bond donors (Lipinski definition) is 0. The molecule has 0 unspecified atom stereocenters. The highest BCUT2D eigenvalue weighted by Gasteiger charge is 2.33. The minimum absolute atomic E-state index is 0.113. The van der Waals surface area contributed by atoms with Crippen molar-refractivity contribution >= 4 is 15.9 Å². The molecular weight excluding hydrogens is 338 g/mol. The molecule has 0 bridgehead atoms. The average Bonchev–Trinajstić information content (AvgIpc) is 2.68. The number of hydrogen-bond acceptors (Lipinski definition) is 4. The molecule has 2 aliphatic heterocycles. The van der Waals surface area contributed by atoms with Crippen LogP contribution in [0.25, 0.3) is 0 Å². The van der Waals surface area contributed by atoms with Gasteiger partial charge in [-0.05, 0) is 45.0 Å². The molecule has 6 nitrogen and oxygen atoms in total. The first kappa shape index (κ1) is 18.4. The van der Waals surface area contributed by atoms with Crippen molar-refractivity contribution < 1.29 is 13.2 Å². The van der Waals surface area contributed by atoms with Crippen LogP contribution in [0.15, 0.2) is 35.2 Å². The Morgan fingerprint density at radius 3 is 2.12 bits per heavy atom. The van der Waals surface area contributed by atoms with Crippen molar-refractivity contribution in [3.8, 4) is 0 Å². The van der Waals surface area contributed by atoms with Gasteiger partial charge in [0.25, 0.3) is 0 Å². The third kappa shape index (κ3) is 4.04. The smallest absolute Gasteiger partial charge is 0.243 e. The molecule has 0 aliphatic carbocycles. The minimum atomic E-state index is -3.47. The third-order valence-electron chi connectivity index (χ3n) is 5.23. The molecule has 0 N–H and O–H groups in total. The van der Waals surface area contributed by atoms with Crippen molar-refractivity contribution in [3.05, 3.63) is 30.3 Å². The van der Waals surface area contributed by atoms with E-state index in [0.717, 1.165) is 25.9 Å².